The number of nitrogens with one attached hydrogen (secondary N) is 1. The molecule has 0 saturated carbocycles. The molecule has 5 nitrogen and oxygen atoms in total. The molecule has 0 heterocycles. The molecule has 0 fully saturated rings. The van der Waals surface area contributed by atoms with Crippen molar-refractivity contribution >= 4 is 29.1 Å². The molecule has 1 aromatic rings. The first-order valence-electron chi connectivity index (χ1n) is 7.71. The van der Waals surface area contributed by atoms with Crippen molar-refractivity contribution < 1.29 is 19.1 Å². The Morgan fingerprint density at radius 2 is 2.04 bits per heavy atom. The van der Waals surface area contributed by atoms with Gasteiger partial charge in [0.1, 0.15) is 12.3 Å². The summed E-state index contributed by atoms with van der Waals surface area (Å²) >= 11 is 5.89. The van der Waals surface area contributed by atoms with Gasteiger partial charge < -0.3 is 14.8 Å². The van der Waals surface area contributed by atoms with E-state index in [0.717, 1.165) is 11.1 Å². The summed E-state index contributed by atoms with van der Waals surface area (Å²) in [5, 5.41) is 3.04. The number of esters is 1. The molecule has 0 aromatic heterocycles. The van der Waals surface area contributed by atoms with E-state index < -0.39 is 11.9 Å². The quantitative estimate of drug-likeness (QED) is 0.565. The smallest absolute Gasteiger partial charge is 0.325 e. The highest BCUT2D eigenvalue weighted by Gasteiger charge is 2.14. The molecule has 0 unspecified atom stereocenters. The number of halogens is 1. The average Bonchev–Trinajstić information content (AvgIpc) is 2.63. The van der Waals surface area contributed by atoms with Crippen molar-refractivity contribution in [2.24, 2.45) is 0 Å². The molecule has 0 bridgehead atoms. The van der Waals surface area contributed by atoms with Crippen LogP contribution in [0.25, 0.3) is 5.57 Å². The van der Waals surface area contributed by atoms with Crippen LogP contribution in [-0.2, 0) is 9.53 Å². The average molecular weight is 364 g/mol. The van der Waals surface area contributed by atoms with E-state index >= 15 is 0 Å². The zero-order valence-electron chi connectivity index (χ0n) is 14.6. The summed E-state index contributed by atoms with van der Waals surface area (Å²) < 4.78 is 10.1. The monoisotopic (exact) mass is 363 g/mol. The molecule has 25 heavy (non-hydrogen) atoms. The van der Waals surface area contributed by atoms with E-state index in [9.17, 15) is 9.59 Å². The van der Waals surface area contributed by atoms with Gasteiger partial charge in [-0.2, -0.15) is 0 Å². The summed E-state index contributed by atoms with van der Waals surface area (Å²) in [5.74, 6) is -0.491. The maximum atomic E-state index is 12.2. The Labute approximate surface area is 153 Å². The molecule has 0 aliphatic carbocycles. The highest BCUT2D eigenvalue weighted by Crippen LogP contribution is 2.25. The SMILES string of the molecule is C=C/C(Cl)=C\C=C(/C)c1ccc(C(=O)NCC(=O)OCC)c(OC)c1. The second kappa shape index (κ2) is 10.4. The van der Waals surface area contributed by atoms with Gasteiger partial charge in [-0.05, 0) is 43.2 Å². The van der Waals surface area contributed by atoms with Gasteiger partial charge in [-0.15, -0.1) is 0 Å². The molecule has 0 aliphatic rings. The number of allylic oxidation sites excluding steroid dienone is 5. The number of hydrogen-bond acceptors (Lipinski definition) is 4. The first-order chi connectivity index (χ1) is 11.9. The second-order valence-electron chi connectivity index (χ2n) is 5.01. The van der Waals surface area contributed by atoms with Crippen molar-refractivity contribution in [3.05, 3.63) is 59.2 Å². The number of methoxy groups -OCH3 is 1. The van der Waals surface area contributed by atoms with Gasteiger partial charge in [0.15, 0.2) is 0 Å². The van der Waals surface area contributed by atoms with Crippen LogP contribution in [0.4, 0.5) is 0 Å². The zero-order valence-corrected chi connectivity index (χ0v) is 15.4. The third kappa shape index (κ3) is 6.47. The minimum absolute atomic E-state index is 0.193. The molecule has 6 heteroatoms. The lowest BCUT2D eigenvalue weighted by Crippen LogP contribution is -2.30. The fourth-order valence-electron chi connectivity index (χ4n) is 1.95. The van der Waals surface area contributed by atoms with E-state index in [1.165, 1.54) is 7.11 Å². The Morgan fingerprint density at radius 1 is 1.32 bits per heavy atom. The van der Waals surface area contributed by atoms with Crippen LogP contribution in [0.5, 0.6) is 5.75 Å². The van der Waals surface area contributed by atoms with Gasteiger partial charge in [-0.3, -0.25) is 9.59 Å². The highest BCUT2D eigenvalue weighted by molar-refractivity contribution is 6.31. The first-order valence-corrected chi connectivity index (χ1v) is 8.09. The molecule has 0 spiro atoms. The number of benzene rings is 1. The predicted octanol–water partition coefficient (Wildman–Crippen LogP) is 3.70. The van der Waals surface area contributed by atoms with Crippen LogP contribution in [0.2, 0.25) is 0 Å². The second-order valence-corrected chi connectivity index (χ2v) is 5.44. The van der Waals surface area contributed by atoms with Crippen molar-refractivity contribution in [1.82, 2.24) is 5.32 Å². The molecule has 1 amide bonds. The minimum atomic E-state index is -0.490. The summed E-state index contributed by atoms with van der Waals surface area (Å²) in [6, 6.07) is 5.19. The van der Waals surface area contributed by atoms with Gasteiger partial charge in [-0.25, -0.2) is 0 Å². The number of carbonyl (C=O) groups excluding carboxylic acids is 2. The summed E-state index contributed by atoms with van der Waals surface area (Å²) in [6.45, 7) is 7.28. The number of ether oxygens (including phenoxy) is 2. The van der Waals surface area contributed by atoms with E-state index in [1.54, 1.807) is 37.3 Å². The van der Waals surface area contributed by atoms with Gasteiger partial charge >= 0.3 is 5.97 Å². The molecule has 1 rings (SSSR count). The largest absolute Gasteiger partial charge is 0.496 e. The van der Waals surface area contributed by atoms with E-state index in [-0.39, 0.29) is 13.2 Å². The Bertz CT molecular complexity index is 707. The van der Waals surface area contributed by atoms with Gasteiger partial charge in [0.25, 0.3) is 5.91 Å². The maximum absolute atomic E-state index is 12.2. The van der Waals surface area contributed by atoms with Crippen molar-refractivity contribution in [3.63, 3.8) is 0 Å². The van der Waals surface area contributed by atoms with Crippen molar-refractivity contribution in [3.8, 4) is 5.75 Å². The molecular formula is C19H22ClNO4. The fraction of sp³-hybridized carbons (Fsp3) is 0.263. The van der Waals surface area contributed by atoms with Crippen LogP contribution in [0.1, 0.15) is 29.8 Å². The van der Waals surface area contributed by atoms with Crippen molar-refractivity contribution in [1.29, 1.82) is 0 Å². The van der Waals surface area contributed by atoms with Crippen LogP contribution >= 0.6 is 11.6 Å². The number of hydrogen-bond donors (Lipinski definition) is 1. The Kier molecular flexibility index (Phi) is 8.50. The van der Waals surface area contributed by atoms with Crippen molar-refractivity contribution in [2.45, 2.75) is 13.8 Å². The lowest BCUT2D eigenvalue weighted by molar-refractivity contribution is -0.141. The van der Waals surface area contributed by atoms with Crippen LogP contribution in [0, 0.1) is 0 Å². The van der Waals surface area contributed by atoms with Crippen LogP contribution in [0.15, 0.2) is 48.0 Å². The molecule has 0 radical (unpaired) electrons. The third-order valence-corrected chi connectivity index (χ3v) is 3.57. The van der Waals surface area contributed by atoms with Crippen LogP contribution < -0.4 is 10.1 Å². The van der Waals surface area contributed by atoms with Gasteiger partial charge in [0.2, 0.25) is 0 Å². The molecule has 134 valence electrons. The normalized spacial score (nSPS) is 11.7. The first kappa shape index (κ1) is 20.5. The summed E-state index contributed by atoms with van der Waals surface area (Å²) in [6.07, 6.45) is 5.12. The van der Waals surface area contributed by atoms with E-state index in [4.69, 9.17) is 21.1 Å². The Balaban J connectivity index is 2.96. The molecule has 1 aromatic carbocycles. The topological polar surface area (TPSA) is 64.6 Å². The third-order valence-electron chi connectivity index (χ3n) is 3.29. The van der Waals surface area contributed by atoms with Gasteiger partial charge in [-0.1, -0.05) is 36.4 Å². The van der Waals surface area contributed by atoms with Crippen LogP contribution in [0.3, 0.4) is 0 Å². The highest BCUT2D eigenvalue weighted by atomic mass is 35.5. The van der Waals surface area contributed by atoms with E-state index in [0.29, 0.717) is 16.3 Å². The molecule has 0 atom stereocenters. The Morgan fingerprint density at radius 3 is 2.64 bits per heavy atom. The molecule has 1 N–H and O–H groups in total. The fourth-order valence-corrected chi connectivity index (χ4v) is 2.02. The van der Waals surface area contributed by atoms with E-state index in [1.807, 2.05) is 13.0 Å². The molecular weight excluding hydrogens is 342 g/mol. The summed E-state index contributed by atoms with van der Waals surface area (Å²) in [5.41, 5.74) is 2.16. The number of rotatable bonds is 8. The minimum Gasteiger partial charge on any atom is -0.496 e. The van der Waals surface area contributed by atoms with Gasteiger partial charge in [0, 0.05) is 5.03 Å². The Hall–Kier alpha value is -2.53. The number of amides is 1. The zero-order chi connectivity index (χ0) is 18.8. The lowest BCUT2D eigenvalue weighted by Gasteiger charge is -2.11. The molecule has 0 saturated heterocycles. The van der Waals surface area contributed by atoms with E-state index in [2.05, 4.69) is 11.9 Å². The van der Waals surface area contributed by atoms with Gasteiger partial charge in [0.05, 0.1) is 19.3 Å². The van der Waals surface area contributed by atoms with Crippen molar-refractivity contribution in [2.75, 3.05) is 20.3 Å². The van der Waals surface area contributed by atoms with Crippen LogP contribution in [-0.4, -0.2) is 32.1 Å². The summed E-state index contributed by atoms with van der Waals surface area (Å²) in [7, 11) is 1.48. The molecule has 0 aliphatic heterocycles. The standard InChI is InChI=1S/C19H22ClNO4/c1-5-15(20)9-7-13(3)14-8-10-16(17(11-14)24-4)19(23)21-12-18(22)25-6-2/h5,7-11H,1,6,12H2,2-4H3,(H,21,23)/b13-7+,15-9+. The number of carbonyl (C=O) groups is 2. The predicted molar refractivity (Wildman–Crippen MR) is 99.7 cm³/mol. The lowest BCUT2D eigenvalue weighted by atomic mass is 10.0. The maximum Gasteiger partial charge on any atom is 0.325 e. The summed E-state index contributed by atoms with van der Waals surface area (Å²) in [4.78, 5) is 23.5.